The second kappa shape index (κ2) is 5.26. The fourth-order valence-corrected chi connectivity index (χ4v) is 6.45. The van der Waals surface area contributed by atoms with E-state index in [9.17, 15) is 5.11 Å². The van der Waals surface area contributed by atoms with E-state index in [2.05, 4.69) is 27.4 Å². The van der Waals surface area contributed by atoms with Crippen molar-refractivity contribution in [2.24, 2.45) is 28.6 Å². The van der Waals surface area contributed by atoms with Crippen molar-refractivity contribution in [1.29, 1.82) is 0 Å². The molecule has 0 spiro atoms. The summed E-state index contributed by atoms with van der Waals surface area (Å²) >= 11 is 0. The van der Waals surface area contributed by atoms with E-state index in [1.807, 2.05) is 6.08 Å². The minimum atomic E-state index is 0.243. The van der Waals surface area contributed by atoms with Gasteiger partial charge in [-0.2, -0.15) is 0 Å². The van der Waals surface area contributed by atoms with Gasteiger partial charge in [-0.3, -0.25) is 0 Å². The van der Waals surface area contributed by atoms with Crippen LogP contribution in [0.3, 0.4) is 0 Å². The summed E-state index contributed by atoms with van der Waals surface area (Å²) < 4.78 is 0. The van der Waals surface area contributed by atoms with Crippen LogP contribution in [0.15, 0.2) is 23.8 Å². The lowest BCUT2D eigenvalue weighted by Gasteiger charge is -2.61. The van der Waals surface area contributed by atoms with Crippen LogP contribution in [-0.2, 0) is 0 Å². The van der Waals surface area contributed by atoms with Gasteiger partial charge in [0.15, 0.2) is 0 Å². The van der Waals surface area contributed by atoms with E-state index in [1.54, 1.807) is 0 Å². The Morgan fingerprint density at radius 3 is 2.62 bits per heavy atom. The molecule has 3 aliphatic carbocycles. The van der Waals surface area contributed by atoms with Crippen LogP contribution in [0.2, 0.25) is 0 Å². The molecule has 0 amide bonds. The molecule has 0 aromatic carbocycles. The molecule has 1 N–H and O–H groups in total. The maximum atomic E-state index is 9.91. The van der Waals surface area contributed by atoms with Gasteiger partial charge < -0.3 is 5.11 Å². The molecule has 21 heavy (non-hydrogen) atoms. The SMILES string of the molecule is C=CC1=C(CO)[C@@H]2CC[C@H]3C(C)(C)CCC[C@]3(C)[C@H]2CC1. The molecule has 2 fully saturated rings. The predicted molar refractivity (Wildman–Crippen MR) is 89.0 cm³/mol. The Balaban J connectivity index is 1.97. The standard InChI is InChI=1S/C20H32O/c1-5-14-7-9-17-15(16(14)13-21)8-10-18-19(2,3)11-6-12-20(17,18)4/h5,15,17-18,21H,1,6-13H2,2-4H3/t15-,17-,18-,20+/m0/s1. The van der Waals surface area contributed by atoms with E-state index < -0.39 is 0 Å². The minimum Gasteiger partial charge on any atom is -0.392 e. The zero-order valence-electron chi connectivity index (χ0n) is 14.1. The van der Waals surface area contributed by atoms with E-state index in [0.29, 0.717) is 16.7 Å². The lowest BCUT2D eigenvalue weighted by atomic mass is 9.44. The molecule has 0 saturated heterocycles. The maximum absolute atomic E-state index is 9.91. The first-order chi connectivity index (χ1) is 9.94. The van der Waals surface area contributed by atoms with E-state index >= 15 is 0 Å². The summed E-state index contributed by atoms with van der Waals surface area (Å²) in [6.07, 6.45) is 11.2. The highest BCUT2D eigenvalue weighted by Gasteiger charge is 2.55. The van der Waals surface area contributed by atoms with Crippen LogP contribution in [0.4, 0.5) is 0 Å². The zero-order chi connectivity index (χ0) is 15.3. The summed E-state index contributed by atoms with van der Waals surface area (Å²) in [5.74, 6) is 2.26. The second-order valence-corrected chi connectivity index (χ2v) is 8.64. The number of aliphatic hydroxyl groups is 1. The van der Waals surface area contributed by atoms with E-state index in [4.69, 9.17) is 0 Å². The number of allylic oxidation sites excluding steroid dienone is 2. The first-order valence-corrected chi connectivity index (χ1v) is 8.89. The Morgan fingerprint density at radius 2 is 1.95 bits per heavy atom. The summed E-state index contributed by atoms with van der Waals surface area (Å²) in [5.41, 5.74) is 3.65. The number of fused-ring (bicyclic) bond motifs is 3. The molecule has 3 aliphatic rings. The molecule has 0 aromatic rings. The van der Waals surface area contributed by atoms with Crippen molar-refractivity contribution >= 4 is 0 Å². The first kappa shape index (κ1) is 15.3. The van der Waals surface area contributed by atoms with Crippen molar-refractivity contribution in [3.8, 4) is 0 Å². The average molecular weight is 288 g/mol. The molecule has 1 nitrogen and oxygen atoms in total. The third kappa shape index (κ3) is 2.23. The highest BCUT2D eigenvalue weighted by molar-refractivity contribution is 5.31. The van der Waals surface area contributed by atoms with Gasteiger partial charge in [0.1, 0.15) is 0 Å². The molecular weight excluding hydrogens is 256 g/mol. The van der Waals surface area contributed by atoms with Gasteiger partial charge in [0, 0.05) is 0 Å². The molecule has 2 saturated carbocycles. The minimum absolute atomic E-state index is 0.243. The number of rotatable bonds is 2. The fraction of sp³-hybridized carbons (Fsp3) is 0.800. The Morgan fingerprint density at radius 1 is 1.19 bits per heavy atom. The lowest BCUT2D eigenvalue weighted by Crippen LogP contribution is -2.52. The largest absolute Gasteiger partial charge is 0.392 e. The van der Waals surface area contributed by atoms with Crippen LogP contribution < -0.4 is 0 Å². The molecule has 0 aromatic heterocycles. The smallest absolute Gasteiger partial charge is 0.0650 e. The van der Waals surface area contributed by atoms with Crippen LogP contribution in [0, 0.1) is 28.6 Å². The van der Waals surface area contributed by atoms with Gasteiger partial charge in [-0.25, -0.2) is 0 Å². The predicted octanol–water partition coefficient (Wildman–Crippen LogP) is 5.11. The van der Waals surface area contributed by atoms with Gasteiger partial charge in [0.25, 0.3) is 0 Å². The van der Waals surface area contributed by atoms with E-state index in [-0.39, 0.29) is 6.61 Å². The molecule has 0 heterocycles. The number of aliphatic hydroxyl groups excluding tert-OH is 1. The van der Waals surface area contributed by atoms with Gasteiger partial charge in [0.2, 0.25) is 0 Å². The Hall–Kier alpha value is -0.560. The molecule has 0 bridgehead atoms. The highest BCUT2D eigenvalue weighted by atomic mass is 16.3. The third-order valence-electron chi connectivity index (χ3n) is 7.38. The summed E-state index contributed by atoms with van der Waals surface area (Å²) in [6.45, 7) is 11.8. The van der Waals surface area contributed by atoms with Crippen LogP contribution in [0.5, 0.6) is 0 Å². The number of hydrogen-bond donors (Lipinski definition) is 1. The maximum Gasteiger partial charge on any atom is 0.0650 e. The van der Waals surface area contributed by atoms with Crippen molar-refractivity contribution in [2.45, 2.75) is 65.7 Å². The Labute approximate surface area is 130 Å². The summed E-state index contributed by atoms with van der Waals surface area (Å²) in [6, 6.07) is 0. The summed E-state index contributed by atoms with van der Waals surface area (Å²) in [4.78, 5) is 0. The first-order valence-electron chi connectivity index (χ1n) is 8.89. The van der Waals surface area contributed by atoms with Crippen molar-refractivity contribution < 1.29 is 5.11 Å². The van der Waals surface area contributed by atoms with Crippen LogP contribution in [0.25, 0.3) is 0 Å². The van der Waals surface area contributed by atoms with Gasteiger partial charge >= 0.3 is 0 Å². The monoisotopic (exact) mass is 288 g/mol. The highest BCUT2D eigenvalue weighted by Crippen LogP contribution is 2.64. The molecule has 0 unspecified atom stereocenters. The fourth-order valence-electron chi connectivity index (χ4n) is 6.45. The molecular formula is C20H32O. The van der Waals surface area contributed by atoms with Crippen molar-refractivity contribution in [2.75, 3.05) is 6.61 Å². The molecule has 118 valence electrons. The van der Waals surface area contributed by atoms with Crippen LogP contribution in [0.1, 0.15) is 65.7 Å². The zero-order valence-corrected chi connectivity index (χ0v) is 14.1. The van der Waals surface area contributed by atoms with Gasteiger partial charge in [-0.05, 0) is 78.3 Å². The average Bonchev–Trinajstić information content (AvgIpc) is 2.45. The Kier molecular flexibility index (Phi) is 3.84. The summed E-state index contributed by atoms with van der Waals surface area (Å²) in [5, 5.41) is 9.91. The van der Waals surface area contributed by atoms with Crippen LogP contribution >= 0.6 is 0 Å². The second-order valence-electron chi connectivity index (χ2n) is 8.64. The number of hydrogen-bond acceptors (Lipinski definition) is 1. The van der Waals surface area contributed by atoms with Gasteiger partial charge in [-0.15, -0.1) is 0 Å². The van der Waals surface area contributed by atoms with Crippen LogP contribution in [-0.4, -0.2) is 11.7 Å². The normalized spacial score (nSPS) is 42.2. The lowest BCUT2D eigenvalue weighted by molar-refractivity contribution is -0.0960. The molecule has 0 aliphatic heterocycles. The van der Waals surface area contributed by atoms with Crippen molar-refractivity contribution in [3.63, 3.8) is 0 Å². The van der Waals surface area contributed by atoms with Crippen molar-refractivity contribution in [1.82, 2.24) is 0 Å². The molecule has 0 radical (unpaired) electrons. The quantitative estimate of drug-likeness (QED) is 0.748. The molecule has 1 heteroatoms. The van der Waals surface area contributed by atoms with Crippen molar-refractivity contribution in [3.05, 3.63) is 23.8 Å². The van der Waals surface area contributed by atoms with Gasteiger partial charge in [-0.1, -0.05) is 39.8 Å². The van der Waals surface area contributed by atoms with Gasteiger partial charge in [0.05, 0.1) is 6.61 Å². The van der Waals surface area contributed by atoms with E-state index in [1.165, 1.54) is 49.7 Å². The third-order valence-corrected chi connectivity index (χ3v) is 7.38. The topological polar surface area (TPSA) is 20.2 Å². The summed E-state index contributed by atoms with van der Waals surface area (Å²) in [7, 11) is 0. The molecule has 4 atom stereocenters. The van der Waals surface area contributed by atoms with E-state index in [0.717, 1.165) is 18.3 Å². The molecule has 3 rings (SSSR count). The Bertz CT molecular complexity index is 458.